The van der Waals surface area contributed by atoms with Crippen molar-refractivity contribution in [3.63, 3.8) is 0 Å². The molecular formula is C14H19FO. The third-order valence-electron chi connectivity index (χ3n) is 3.05. The van der Waals surface area contributed by atoms with Crippen LogP contribution in [0.1, 0.15) is 49.0 Å². The molecule has 1 aromatic rings. The normalized spacial score (nSPS) is 10.8. The summed E-state index contributed by atoms with van der Waals surface area (Å²) in [5.74, 6) is -0.102. The SMILES string of the molecule is CCC(CC)CC(=O)c1ccc(C)cc1F. The molecular weight excluding hydrogens is 203 g/mol. The van der Waals surface area contributed by atoms with Gasteiger partial charge in [-0.3, -0.25) is 4.79 Å². The second kappa shape index (κ2) is 5.78. The van der Waals surface area contributed by atoms with E-state index in [1.165, 1.54) is 6.07 Å². The van der Waals surface area contributed by atoms with E-state index in [9.17, 15) is 9.18 Å². The molecule has 0 fully saturated rings. The highest BCUT2D eigenvalue weighted by Gasteiger charge is 2.15. The minimum atomic E-state index is -0.393. The summed E-state index contributed by atoms with van der Waals surface area (Å²) in [6, 6.07) is 4.79. The van der Waals surface area contributed by atoms with Crippen LogP contribution in [0, 0.1) is 18.7 Å². The molecule has 0 saturated carbocycles. The maximum atomic E-state index is 13.5. The highest BCUT2D eigenvalue weighted by atomic mass is 19.1. The molecule has 0 saturated heterocycles. The molecule has 0 N–H and O–H groups in total. The van der Waals surface area contributed by atoms with Crippen LogP contribution in [0.5, 0.6) is 0 Å². The van der Waals surface area contributed by atoms with Crippen LogP contribution in [-0.2, 0) is 0 Å². The van der Waals surface area contributed by atoms with Crippen LogP contribution in [0.15, 0.2) is 18.2 Å². The summed E-state index contributed by atoms with van der Waals surface area (Å²) in [6.45, 7) is 5.94. The van der Waals surface area contributed by atoms with E-state index in [0.717, 1.165) is 18.4 Å². The number of aryl methyl sites for hydroxylation is 1. The summed E-state index contributed by atoms with van der Waals surface area (Å²) >= 11 is 0. The van der Waals surface area contributed by atoms with E-state index in [2.05, 4.69) is 13.8 Å². The number of ketones is 1. The zero-order chi connectivity index (χ0) is 12.1. The number of rotatable bonds is 5. The first kappa shape index (κ1) is 12.9. The van der Waals surface area contributed by atoms with Gasteiger partial charge in [-0.25, -0.2) is 4.39 Å². The first-order valence-electron chi connectivity index (χ1n) is 5.87. The lowest BCUT2D eigenvalue weighted by Crippen LogP contribution is -2.09. The fraction of sp³-hybridized carbons (Fsp3) is 0.500. The highest BCUT2D eigenvalue weighted by Crippen LogP contribution is 2.18. The van der Waals surface area contributed by atoms with Gasteiger partial charge in [-0.1, -0.05) is 32.8 Å². The molecule has 0 heterocycles. The Bertz CT molecular complexity index is 367. The summed E-state index contributed by atoms with van der Waals surface area (Å²) in [4.78, 5) is 11.9. The monoisotopic (exact) mass is 222 g/mol. The van der Waals surface area contributed by atoms with Gasteiger partial charge in [0.15, 0.2) is 5.78 Å². The Kier molecular flexibility index (Phi) is 4.66. The Labute approximate surface area is 96.7 Å². The van der Waals surface area contributed by atoms with E-state index in [1.54, 1.807) is 12.1 Å². The first-order valence-corrected chi connectivity index (χ1v) is 5.87. The molecule has 0 aliphatic carbocycles. The van der Waals surface area contributed by atoms with Crippen molar-refractivity contribution < 1.29 is 9.18 Å². The number of benzene rings is 1. The molecule has 0 spiro atoms. The van der Waals surface area contributed by atoms with Gasteiger partial charge in [0, 0.05) is 6.42 Å². The fourth-order valence-corrected chi connectivity index (χ4v) is 1.80. The van der Waals surface area contributed by atoms with E-state index >= 15 is 0 Å². The van der Waals surface area contributed by atoms with E-state index in [0.29, 0.717) is 12.3 Å². The molecule has 0 aliphatic heterocycles. The minimum absolute atomic E-state index is 0.0776. The van der Waals surface area contributed by atoms with Crippen LogP contribution >= 0.6 is 0 Å². The predicted octanol–water partition coefficient (Wildman–Crippen LogP) is 4.14. The second-order valence-electron chi connectivity index (χ2n) is 4.29. The largest absolute Gasteiger partial charge is 0.294 e. The van der Waals surface area contributed by atoms with Crippen molar-refractivity contribution in [2.75, 3.05) is 0 Å². The lowest BCUT2D eigenvalue weighted by molar-refractivity contribution is 0.0955. The van der Waals surface area contributed by atoms with Crippen molar-refractivity contribution in [3.05, 3.63) is 35.1 Å². The number of carbonyl (C=O) groups excluding carboxylic acids is 1. The molecule has 2 heteroatoms. The lowest BCUT2D eigenvalue weighted by Gasteiger charge is -2.11. The van der Waals surface area contributed by atoms with Gasteiger partial charge in [-0.05, 0) is 30.5 Å². The molecule has 0 amide bonds. The van der Waals surface area contributed by atoms with E-state index in [-0.39, 0.29) is 11.3 Å². The Morgan fingerprint density at radius 3 is 2.44 bits per heavy atom. The van der Waals surface area contributed by atoms with Crippen LogP contribution < -0.4 is 0 Å². The zero-order valence-corrected chi connectivity index (χ0v) is 10.2. The van der Waals surface area contributed by atoms with Crippen LogP contribution in [-0.4, -0.2) is 5.78 Å². The molecule has 0 aliphatic rings. The third kappa shape index (κ3) is 3.16. The van der Waals surface area contributed by atoms with Gasteiger partial charge in [0.05, 0.1) is 5.56 Å². The number of hydrogen-bond acceptors (Lipinski definition) is 1. The molecule has 88 valence electrons. The van der Waals surface area contributed by atoms with Gasteiger partial charge in [0.2, 0.25) is 0 Å². The maximum Gasteiger partial charge on any atom is 0.166 e. The minimum Gasteiger partial charge on any atom is -0.294 e. The van der Waals surface area contributed by atoms with Crippen molar-refractivity contribution in [1.29, 1.82) is 0 Å². The number of carbonyl (C=O) groups is 1. The Hall–Kier alpha value is -1.18. The molecule has 16 heavy (non-hydrogen) atoms. The molecule has 1 rings (SSSR count). The fourth-order valence-electron chi connectivity index (χ4n) is 1.80. The molecule has 0 radical (unpaired) electrons. The zero-order valence-electron chi connectivity index (χ0n) is 10.2. The molecule has 0 atom stereocenters. The summed E-state index contributed by atoms with van der Waals surface area (Å²) in [5.41, 5.74) is 1.08. The first-order chi connectivity index (χ1) is 7.58. The van der Waals surface area contributed by atoms with Crippen LogP contribution in [0.3, 0.4) is 0 Å². The van der Waals surface area contributed by atoms with Gasteiger partial charge >= 0.3 is 0 Å². The summed E-state index contributed by atoms with van der Waals surface area (Å²) in [7, 11) is 0. The number of Topliss-reactive ketones (excluding diaryl/α,β-unsaturated/α-hetero) is 1. The van der Waals surface area contributed by atoms with Crippen molar-refractivity contribution >= 4 is 5.78 Å². The molecule has 1 aromatic carbocycles. The van der Waals surface area contributed by atoms with Crippen LogP contribution in [0.25, 0.3) is 0 Å². The number of halogens is 1. The topological polar surface area (TPSA) is 17.1 Å². The van der Waals surface area contributed by atoms with E-state index in [4.69, 9.17) is 0 Å². The molecule has 0 bridgehead atoms. The van der Waals surface area contributed by atoms with Gasteiger partial charge in [0.1, 0.15) is 5.82 Å². The average molecular weight is 222 g/mol. The average Bonchev–Trinajstić information content (AvgIpc) is 2.25. The smallest absolute Gasteiger partial charge is 0.166 e. The number of hydrogen-bond donors (Lipinski definition) is 0. The predicted molar refractivity (Wildman–Crippen MR) is 64.2 cm³/mol. The van der Waals surface area contributed by atoms with Crippen molar-refractivity contribution in [3.8, 4) is 0 Å². The highest BCUT2D eigenvalue weighted by molar-refractivity contribution is 5.96. The second-order valence-corrected chi connectivity index (χ2v) is 4.29. The third-order valence-corrected chi connectivity index (χ3v) is 3.05. The van der Waals surface area contributed by atoms with Crippen LogP contribution in [0.4, 0.5) is 4.39 Å². The molecule has 1 nitrogen and oxygen atoms in total. The Balaban J connectivity index is 2.80. The van der Waals surface area contributed by atoms with E-state index < -0.39 is 5.82 Å². The lowest BCUT2D eigenvalue weighted by atomic mass is 9.93. The maximum absolute atomic E-state index is 13.5. The Morgan fingerprint density at radius 2 is 1.94 bits per heavy atom. The summed E-state index contributed by atoms with van der Waals surface area (Å²) in [5, 5.41) is 0. The van der Waals surface area contributed by atoms with E-state index in [1.807, 2.05) is 6.92 Å². The molecule has 0 unspecified atom stereocenters. The molecule has 0 aromatic heterocycles. The standard InChI is InChI=1S/C14H19FO/c1-4-11(5-2)9-14(16)12-7-6-10(3)8-13(12)15/h6-8,11H,4-5,9H2,1-3H3. The quantitative estimate of drug-likeness (QED) is 0.684. The van der Waals surface area contributed by atoms with Crippen molar-refractivity contribution in [1.82, 2.24) is 0 Å². The Morgan fingerprint density at radius 1 is 1.31 bits per heavy atom. The van der Waals surface area contributed by atoms with Gasteiger partial charge < -0.3 is 0 Å². The summed E-state index contributed by atoms with van der Waals surface area (Å²) < 4.78 is 13.5. The van der Waals surface area contributed by atoms with Crippen LogP contribution in [0.2, 0.25) is 0 Å². The van der Waals surface area contributed by atoms with Gasteiger partial charge in [0.25, 0.3) is 0 Å². The van der Waals surface area contributed by atoms with Crippen molar-refractivity contribution in [2.45, 2.75) is 40.0 Å². The van der Waals surface area contributed by atoms with Gasteiger partial charge in [-0.15, -0.1) is 0 Å². The summed E-state index contributed by atoms with van der Waals surface area (Å²) in [6.07, 6.45) is 2.39. The van der Waals surface area contributed by atoms with Crippen molar-refractivity contribution in [2.24, 2.45) is 5.92 Å². The van der Waals surface area contributed by atoms with Gasteiger partial charge in [-0.2, -0.15) is 0 Å².